The normalized spacial score (nSPS) is 13.1. The minimum atomic E-state index is -4.98. The molecule has 2 aromatic carbocycles. The van der Waals surface area contributed by atoms with Crippen LogP contribution >= 0.6 is 0 Å². The van der Waals surface area contributed by atoms with Crippen LogP contribution in [-0.2, 0) is 19.0 Å². The number of benzene rings is 2. The van der Waals surface area contributed by atoms with E-state index in [2.05, 4.69) is 0 Å². The lowest BCUT2D eigenvalue weighted by molar-refractivity contribution is -0.143. The van der Waals surface area contributed by atoms with Crippen LogP contribution in [0.1, 0.15) is 34.0 Å². The Morgan fingerprint density at radius 3 is 1.89 bits per heavy atom. The number of carbonyl (C=O) groups excluding carboxylic acids is 1. The third-order valence-electron chi connectivity index (χ3n) is 3.39. The number of hydrogen-bond acceptors (Lipinski definition) is 3. The van der Waals surface area contributed by atoms with Gasteiger partial charge in [-0.05, 0) is 35.9 Å². The Morgan fingerprint density at radius 2 is 1.43 bits per heavy atom. The zero-order chi connectivity index (χ0) is 21.1. The summed E-state index contributed by atoms with van der Waals surface area (Å²) in [6, 6.07) is 4.59. The molecule has 0 aliphatic rings. The van der Waals surface area contributed by atoms with Gasteiger partial charge in [0.05, 0.1) is 11.1 Å². The van der Waals surface area contributed by atoms with E-state index in [0.29, 0.717) is 18.4 Å². The average molecular weight is 410 g/mol. The van der Waals surface area contributed by atoms with Gasteiger partial charge >= 0.3 is 12.4 Å². The zero-order valence-corrected chi connectivity index (χ0v) is 14.2. The van der Waals surface area contributed by atoms with Crippen LogP contribution in [0.2, 0.25) is 0 Å². The first kappa shape index (κ1) is 21.5. The van der Waals surface area contributed by atoms with Crippen molar-refractivity contribution in [3.8, 4) is 11.5 Å². The van der Waals surface area contributed by atoms with E-state index in [1.165, 1.54) is 12.1 Å². The van der Waals surface area contributed by atoms with Crippen LogP contribution in [0.3, 0.4) is 0 Å². The predicted molar refractivity (Wildman–Crippen MR) is 83.8 cm³/mol. The third-order valence-corrected chi connectivity index (χ3v) is 3.39. The molecular formula is C18H13F7O3. The maximum absolute atomic E-state index is 13.0. The molecule has 2 rings (SSSR count). The van der Waals surface area contributed by atoms with Gasteiger partial charge in [-0.1, -0.05) is 0 Å². The molecule has 1 atom stereocenters. The van der Waals surface area contributed by atoms with Gasteiger partial charge in [-0.3, -0.25) is 4.79 Å². The molecule has 2 aromatic rings. The molecule has 0 radical (unpaired) electrons. The zero-order valence-electron chi connectivity index (χ0n) is 14.2. The highest BCUT2D eigenvalue weighted by molar-refractivity contribution is 5.76. The van der Waals surface area contributed by atoms with E-state index in [1.807, 2.05) is 0 Å². The molecule has 3 nitrogen and oxygen atoms in total. The molecule has 10 heteroatoms. The molecule has 0 heterocycles. The summed E-state index contributed by atoms with van der Waals surface area (Å²) < 4.78 is 100. The van der Waals surface area contributed by atoms with Crippen molar-refractivity contribution in [2.45, 2.75) is 32.2 Å². The molecule has 0 saturated carbocycles. The molecule has 0 aliphatic carbocycles. The monoisotopic (exact) mass is 410 g/mol. The molecule has 0 aliphatic heterocycles. The van der Waals surface area contributed by atoms with Crippen LogP contribution in [0, 0.1) is 0 Å². The van der Waals surface area contributed by atoms with Crippen molar-refractivity contribution in [2.75, 3.05) is 0 Å². The van der Waals surface area contributed by atoms with Gasteiger partial charge in [0.25, 0.3) is 0 Å². The summed E-state index contributed by atoms with van der Waals surface area (Å²) in [6.07, 6.45) is -11.3. The van der Waals surface area contributed by atoms with Crippen LogP contribution in [-0.4, -0.2) is 12.6 Å². The number of rotatable bonds is 6. The number of halogens is 7. The number of hydrogen-bond donors (Lipinski definition) is 0. The van der Waals surface area contributed by atoms with Gasteiger partial charge in [-0.2, -0.15) is 26.3 Å². The molecule has 0 bridgehead atoms. The standard InChI is InChI=1S/C18H13F7O3/c1-10(19)28-16-5-11(8-26)4-15(7-16)27-9-12-2-13(17(20,21)22)6-14(3-12)18(23,24)25/h2-8,10H,9H2,1H3. The first-order chi connectivity index (χ1) is 12.9. The summed E-state index contributed by atoms with van der Waals surface area (Å²) in [6.45, 7) is 0.426. The Labute approximate surface area is 154 Å². The Balaban J connectivity index is 2.32. The van der Waals surface area contributed by atoms with E-state index in [1.54, 1.807) is 0 Å². The van der Waals surface area contributed by atoms with Gasteiger partial charge in [0.1, 0.15) is 24.4 Å². The quantitative estimate of drug-likeness (QED) is 0.445. The van der Waals surface area contributed by atoms with Gasteiger partial charge in [0.15, 0.2) is 0 Å². The second kappa shape index (κ2) is 8.07. The first-order valence-corrected chi connectivity index (χ1v) is 7.70. The van der Waals surface area contributed by atoms with Crippen LogP contribution in [0.4, 0.5) is 30.7 Å². The largest absolute Gasteiger partial charge is 0.489 e. The lowest BCUT2D eigenvalue weighted by Crippen LogP contribution is -2.12. The summed E-state index contributed by atoms with van der Waals surface area (Å²) in [5.74, 6) is -0.180. The molecule has 0 saturated heterocycles. The highest BCUT2D eigenvalue weighted by atomic mass is 19.4. The fraction of sp³-hybridized carbons (Fsp3) is 0.278. The Bertz CT molecular complexity index is 810. The number of carbonyl (C=O) groups is 1. The first-order valence-electron chi connectivity index (χ1n) is 7.70. The van der Waals surface area contributed by atoms with Gasteiger partial charge in [0, 0.05) is 18.6 Å². The third kappa shape index (κ3) is 5.86. The minimum absolute atomic E-state index is 0.00505. The van der Waals surface area contributed by atoms with E-state index >= 15 is 0 Å². The van der Waals surface area contributed by atoms with Crippen molar-refractivity contribution in [1.29, 1.82) is 0 Å². The van der Waals surface area contributed by atoms with Gasteiger partial charge in [0.2, 0.25) is 6.36 Å². The smallest absolute Gasteiger partial charge is 0.416 e. The van der Waals surface area contributed by atoms with E-state index in [-0.39, 0.29) is 28.7 Å². The molecule has 152 valence electrons. The second-order valence-electron chi connectivity index (χ2n) is 5.72. The van der Waals surface area contributed by atoms with Crippen molar-refractivity contribution >= 4 is 6.29 Å². The van der Waals surface area contributed by atoms with Crippen LogP contribution in [0.15, 0.2) is 36.4 Å². The molecular weight excluding hydrogens is 397 g/mol. The average Bonchev–Trinajstić information content (AvgIpc) is 2.57. The number of alkyl halides is 7. The molecule has 1 unspecified atom stereocenters. The van der Waals surface area contributed by atoms with Gasteiger partial charge in [-0.25, -0.2) is 4.39 Å². The molecule has 0 amide bonds. The molecule has 0 aromatic heterocycles. The highest BCUT2D eigenvalue weighted by Gasteiger charge is 2.36. The van der Waals surface area contributed by atoms with E-state index in [4.69, 9.17) is 9.47 Å². The lowest BCUT2D eigenvalue weighted by atomic mass is 10.1. The van der Waals surface area contributed by atoms with Crippen molar-refractivity contribution in [3.05, 3.63) is 58.7 Å². The SMILES string of the molecule is CC(F)Oc1cc(C=O)cc(OCc2cc(C(F)(F)F)cc(C(F)(F)F)c2)c1. The minimum Gasteiger partial charge on any atom is -0.489 e. The van der Waals surface area contributed by atoms with Crippen molar-refractivity contribution in [1.82, 2.24) is 0 Å². The van der Waals surface area contributed by atoms with E-state index < -0.39 is 36.4 Å². The molecule has 0 spiro atoms. The summed E-state index contributed by atoms with van der Waals surface area (Å²) in [7, 11) is 0. The summed E-state index contributed by atoms with van der Waals surface area (Å²) in [4.78, 5) is 10.9. The number of ether oxygens (including phenoxy) is 2. The molecule has 28 heavy (non-hydrogen) atoms. The van der Waals surface area contributed by atoms with Crippen LogP contribution in [0.5, 0.6) is 11.5 Å². The van der Waals surface area contributed by atoms with Crippen LogP contribution in [0.25, 0.3) is 0 Å². The maximum Gasteiger partial charge on any atom is 0.416 e. The van der Waals surface area contributed by atoms with E-state index in [0.717, 1.165) is 13.0 Å². The Morgan fingerprint density at radius 1 is 0.893 bits per heavy atom. The topological polar surface area (TPSA) is 35.5 Å². The summed E-state index contributed by atoms with van der Waals surface area (Å²) in [5.41, 5.74) is -3.32. The van der Waals surface area contributed by atoms with Crippen molar-refractivity contribution in [2.24, 2.45) is 0 Å². The molecule has 0 fully saturated rings. The van der Waals surface area contributed by atoms with Crippen molar-refractivity contribution < 1.29 is 45.0 Å². The van der Waals surface area contributed by atoms with Crippen molar-refractivity contribution in [3.63, 3.8) is 0 Å². The fourth-order valence-electron chi connectivity index (χ4n) is 2.27. The number of aldehydes is 1. The van der Waals surface area contributed by atoms with Crippen LogP contribution < -0.4 is 9.47 Å². The molecule has 0 N–H and O–H groups in total. The summed E-state index contributed by atoms with van der Waals surface area (Å²) in [5, 5.41) is 0. The highest BCUT2D eigenvalue weighted by Crippen LogP contribution is 2.36. The summed E-state index contributed by atoms with van der Waals surface area (Å²) >= 11 is 0. The maximum atomic E-state index is 13.0. The Hall–Kier alpha value is -2.78. The Kier molecular flexibility index (Phi) is 6.20. The fourth-order valence-corrected chi connectivity index (χ4v) is 2.27. The van der Waals surface area contributed by atoms with Gasteiger partial charge < -0.3 is 9.47 Å². The van der Waals surface area contributed by atoms with Gasteiger partial charge in [-0.15, -0.1) is 0 Å². The lowest BCUT2D eigenvalue weighted by Gasteiger charge is -2.15. The van der Waals surface area contributed by atoms with E-state index in [9.17, 15) is 35.5 Å². The predicted octanol–water partition coefficient (Wildman–Crippen LogP) is 5.81. The second-order valence-corrected chi connectivity index (χ2v) is 5.72.